The summed E-state index contributed by atoms with van der Waals surface area (Å²) in [5.41, 5.74) is 0.759. The van der Waals surface area contributed by atoms with Gasteiger partial charge in [-0.3, -0.25) is 0 Å². The number of carbonyl (C=O) groups excluding carboxylic acids is 1. The molecule has 0 bridgehead atoms. The van der Waals surface area contributed by atoms with Crippen molar-refractivity contribution in [3.05, 3.63) is 47.5 Å². The Bertz CT molecular complexity index is 323. The largest absolute Gasteiger partial charge is 0.362 e. The van der Waals surface area contributed by atoms with Crippen LogP contribution in [0.1, 0.15) is 11.7 Å². The van der Waals surface area contributed by atoms with Gasteiger partial charge in [-0.25, -0.2) is 0 Å². The molecule has 14 heavy (non-hydrogen) atoms. The lowest BCUT2D eigenvalue weighted by molar-refractivity contribution is -0.117. The van der Waals surface area contributed by atoms with E-state index in [4.69, 9.17) is 16.3 Å². The highest BCUT2D eigenvalue weighted by Crippen LogP contribution is 2.19. The van der Waals surface area contributed by atoms with Crippen LogP contribution in [0.15, 0.2) is 36.9 Å². The Kier molecular flexibility index (Phi) is 4.36. The Morgan fingerprint density at radius 2 is 2.36 bits per heavy atom. The van der Waals surface area contributed by atoms with Gasteiger partial charge < -0.3 is 9.53 Å². The van der Waals surface area contributed by atoms with E-state index < -0.39 is 6.10 Å². The molecule has 1 unspecified atom stereocenters. The van der Waals surface area contributed by atoms with Gasteiger partial charge in [-0.2, -0.15) is 0 Å². The topological polar surface area (TPSA) is 26.3 Å². The Hall–Kier alpha value is -1.12. The SMILES string of the molecule is C=CCOC(C=O)c1cccc(Cl)c1. The first-order valence-electron chi connectivity index (χ1n) is 4.21. The molecule has 0 heterocycles. The zero-order valence-corrected chi connectivity index (χ0v) is 8.41. The molecule has 0 radical (unpaired) electrons. The van der Waals surface area contributed by atoms with E-state index in [1.165, 1.54) is 0 Å². The minimum Gasteiger partial charge on any atom is -0.362 e. The van der Waals surface area contributed by atoms with E-state index in [9.17, 15) is 4.79 Å². The van der Waals surface area contributed by atoms with Crippen LogP contribution in [0, 0.1) is 0 Å². The summed E-state index contributed by atoms with van der Waals surface area (Å²) in [6.07, 6.45) is 1.78. The Balaban J connectivity index is 2.77. The first-order chi connectivity index (χ1) is 6.77. The quantitative estimate of drug-likeness (QED) is 0.552. The maximum absolute atomic E-state index is 10.7. The second-order valence-electron chi connectivity index (χ2n) is 2.73. The van der Waals surface area contributed by atoms with Crippen molar-refractivity contribution in [2.24, 2.45) is 0 Å². The van der Waals surface area contributed by atoms with Crippen LogP contribution in [0.25, 0.3) is 0 Å². The molecule has 0 aromatic heterocycles. The fourth-order valence-electron chi connectivity index (χ4n) is 1.07. The van der Waals surface area contributed by atoms with E-state index in [2.05, 4.69) is 6.58 Å². The van der Waals surface area contributed by atoms with Crippen LogP contribution in [-0.4, -0.2) is 12.9 Å². The van der Waals surface area contributed by atoms with Gasteiger partial charge in [0.25, 0.3) is 0 Å². The van der Waals surface area contributed by atoms with Gasteiger partial charge >= 0.3 is 0 Å². The molecule has 3 heteroatoms. The number of ether oxygens (including phenoxy) is 1. The standard InChI is InChI=1S/C11H11ClO2/c1-2-6-14-11(8-13)9-4-3-5-10(12)7-9/h2-5,7-8,11H,1,6H2. The second-order valence-corrected chi connectivity index (χ2v) is 3.17. The fourth-order valence-corrected chi connectivity index (χ4v) is 1.27. The molecule has 0 N–H and O–H groups in total. The molecule has 2 nitrogen and oxygen atoms in total. The molecule has 0 spiro atoms. The van der Waals surface area contributed by atoms with Crippen LogP contribution in [-0.2, 0) is 9.53 Å². The predicted molar refractivity (Wildman–Crippen MR) is 56.4 cm³/mol. The molecule has 74 valence electrons. The summed E-state index contributed by atoms with van der Waals surface area (Å²) in [5.74, 6) is 0. The summed E-state index contributed by atoms with van der Waals surface area (Å²) < 4.78 is 5.24. The van der Waals surface area contributed by atoms with Crippen molar-refractivity contribution >= 4 is 17.9 Å². The molecule has 1 atom stereocenters. The third kappa shape index (κ3) is 2.98. The number of rotatable bonds is 5. The van der Waals surface area contributed by atoms with Crippen molar-refractivity contribution in [2.45, 2.75) is 6.10 Å². The molecule has 0 aliphatic heterocycles. The van der Waals surface area contributed by atoms with Gasteiger partial charge in [0.2, 0.25) is 0 Å². The Morgan fingerprint density at radius 3 is 2.93 bits per heavy atom. The zero-order chi connectivity index (χ0) is 10.4. The number of hydrogen-bond donors (Lipinski definition) is 0. The maximum Gasteiger partial charge on any atom is 0.153 e. The minimum absolute atomic E-state index is 0.343. The molecule has 0 saturated heterocycles. The number of carbonyl (C=O) groups is 1. The molecule has 1 rings (SSSR count). The third-order valence-electron chi connectivity index (χ3n) is 1.69. The van der Waals surface area contributed by atoms with Crippen LogP contribution in [0.5, 0.6) is 0 Å². The molecular weight excluding hydrogens is 200 g/mol. The lowest BCUT2D eigenvalue weighted by Gasteiger charge is -2.10. The van der Waals surface area contributed by atoms with Gasteiger partial charge in [-0.1, -0.05) is 29.8 Å². The minimum atomic E-state index is -0.563. The summed E-state index contributed by atoms with van der Waals surface area (Å²) in [6.45, 7) is 3.85. The van der Waals surface area contributed by atoms with E-state index in [0.29, 0.717) is 11.6 Å². The lowest BCUT2D eigenvalue weighted by atomic mass is 10.1. The first kappa shape index (κ1) is 11.0. The lowest BCUT2D eigenvalue weighted by Crippen LogP contribution is -2.05. The highest BCUT2D eigenvalue weighted by atomic mass is 35.5. The number of hydrogen-bond acceptors (Lipinski definition) is 2. The van der Waals surface area contributed by atoms with Gasteiger partial charge in [0.1, 0.15) is 6.10 Å². The normalized spacial score (nSPS) is 12.1. The molecule has 1 aromatic rings. The molecule has 0 saturated carbocycles. The highest BCUT2D eigenvalue weighted by Gasteiger charge is 2.09. The van der Waals surface area contributed by atoms with Crippen molar-refractivity contribution in [3.8, 4) is 0 Å². The number of aldehydes is 1. The molecule has 0 aliphatic carbocycles. The predicted octanol–water partition coefficient (Wildman–Crippen LogP) is 2.78. The van der Waals surface area contributed by atoms with E-state index >= 15 is 0 Å². The summed E-state index contributed by atoms with van der Waals surface area (Å²) in [5, 5.41) is 0.594. The van der Waals surface area contributed by atoms with Crippen LogP contribution >= 0.6 is 11.6 Å². The molecule has 0 aliphatic rings. The van der Waals surface area contributed by atoms with Crippen molar-refractivity contribution in [1.82, 2.24) is 0 Å². The van der Waals surface area contributed by atoms with E-state index in [1.54, 1.807) is 30.3 Å². The molecule has 1 aromatic carbocycles. The maximum atomic E-state index is 10.7. The van der Waals surface area contributed by atoms with Crippen LogP contribution in [0.2, 0.25) is 5.02 Å². The smallest absolute Gasteiger partial charge is 0.153 e. The van der Waals surface area contributed by atoms with Gasteiger partial charge in [0, 0.05) is 5.02 Å². The average Bonchev–Trinajstić information content (AvgIpc) is 2.19. The third-order valence-corrected chi connectivity index (χ3v) is 1.93. The van der Waals surface area contributed by atoms with Crippen molar-refractivity contribution in [1.29, 1.82) is 0 Å². The van der Waals surface area contributed by atoms with Gasteiger partial charge in [0.05, 0.1) is 6.61 Å². The van der Waals surface area contributed by atoms with Crippen LogP contribution in [0.4, 0.5) is 0 Å². The van der Waals surface area contributed by atoms with Gasteiger partial charge in [0.15, 0.2) is 6.29 Å². The van der Waals surface area contributed by atoms with E-state index in [0.717, 1.165) is 11.8 Å². The Morgan fingerprint density at radius 1 is 1.57 bits per heavy atom. The van der Waals surface area contributed by atoms with E-state index in [1.807, 2.05) is 0 Å². The van der Waals surface area contributed by atoms with E-state index in [-0.39, 0.29) is 0 Å². The summed E-state index contributed by atoms with van der Waals surface area (Å²) >= 11 is 5.79. The average molecular weight is 211 g/mol. The fraction of sp³-hybridized carbons (Fsp3) is 0.182. The van der Waals surface area contributed by atoms with Crippen molar-refractivity contribution < 1.29 is 9.53 Å². The monoisotopic (exact) mass is 210 g/mol. The zero-order valence-electron chi connectivity index (χ0n) is 7.65. The second kappa shape index (κ2) is 5.58. The number of benzene rings is 1. The summed E-state index contributed by atoms with van der Waals surface area (Å²) in [7, 11) is 0. The van der Waals surface area contributed by atoms with Crippen LogP contribution < -0.4 is 0 Å². The molecule has 0 amide bonds. The van der Waals surface area contributed by atoms with Gasteiger partial charge in [-0.05, 0) is 17.7 Å². The van der Waals surface area contributed by atoms with Crippen molar-refractivity contribution in [3.63, 3.8) is 0 Å². The summed E-state index contributed by atoms with van der Waals surface area (Å²) in [6, 6.07) is 7.05. The van der Waals surface area contributed by atoms with Gasteiger partial charge in [-0.15, -0.1) is 6.58 Å². The highest BCUT2D eigenvalue weighted by molar-refractivity contribution is 6.30. The first-order valence-corrected chi connectivity index (χ1v) is 4.59. The number of halogens is 1. The Labute approximate surface area is 88.1 Å². The molecule has 0 fully saturated rings. The van der Waals surface area contributed by atoms with Crippen LogP contribution in [0.3, 0.4) is 0 Å². The summed E-state index contributed by atoms with van der Waals surface area (Å²) in [4.78, 5) is 10.7. The molecular formula is C11H11ClO2. The van der Waals surface area contributed by atoms with Crippen molar-refractivity contribution in [2.75, 3.05) is 6.61 Å².